The smallest absolute Gasteiger partial charge is 0.165 e. The number of fused-ring (bicyclic) bond motifs is 1. The predicted molar refractivity (Wildman–Crippen MR) is 76.9 cm³/mol. The molecule has 2 aromatic rings. The van der Waals surface area contributed by atoms with E-state index in [1.165, 1.54) is 25.1 Å². The number of hydrogen-bond donors (Lipinski definition) is 0. The van der Waals surface area contributed by atoms with E-state index in [0.29, 0.717) is 17.3 Å². The molecule has 84 valence electrons. The molecule has 0 bridgehead atoms. The summed E-state index contributed by atoms with van der Waals surface area (Å²) in [6.07, 6.45) is 6.21. The maximum atomic E-state index is 6.15. The first kappa shape index (κ1) is 11.2. The van der Waals surface area contributed by atoms with Crippen LogP contribution < -0.4 is 0 Å². The fraction of sp³-hybridized carbons (Fsp3) is 0.400. The third-order valence-corrected chi connectivity index (χ3v) is 5.44. The van der Waals surface area contributed by atoms with Crippen LogP contribution in [-0.2, 0) is 0 Å². The summed E-state index contributed by atoms with van der Waals surface area (Å²) in [5.41, 5.74) is 1.79. The van der Waals surface area contributed by atoms with Crippen LogP contribution in [0.2, 0.25) is 5.02 Å². The van der Waals surface area contributed by atoms with E-state index in [9.17, 15) is 0 Å². The van der Waals surface area contributed by atoms with Crippen LogP contribution in [0.15, 0.2) is 12.3 Å². The third-order valence-electron chi connectivity index (χ3n) is 3.08. The van der Waals surface area contributed by atoms with Crippen molar-refractivity contribution in [2.45, 2.75) is 25.2 Å². The Hall–Kier alpha value is 0.0700. The number of imidazole rings is 1. The van der Waals surface area contributed by atoms with E-state index in [4.69, 9.17) is 11.6 Å². The van der Waals surface area contributed by atoms with E-state index in [-0.39, 0.29) is 0 Å². The van der Waals surface area contributed by atoms with Crippen LogP contribution in [0.4, 0.5) is 0 Å². The molecule has 1 aliphatic carbocycles. The average Bonchev–Trinajstić information content (AvgIpc) is 2.55. The topological polar surface area (TPSA) is 30.7 Å². The molecule has 0 radical (unpaired) electrons. The van der Waals surface area contributed by atoms with Crippen LogP contribution in [0.1, 0.15) is 31.0 Å². The molecule has 0 aromatic carbocycles. The fourth-order valence-corrected chi connectivity index (χ4v) is 4.16. The maximum absolute atomic E-state index is 6.15. The van der Waals surface area contributed by atoms with Crippen molar-refractivity contribution in [1.82, 2.24) is 14.3 Å². The Morgan fingerprint density at radius 1 is 1.50 bits per heavy atom. The first-order valence-electron chi connectivity index (χ1n) is 5.20. The van der Waals surface area contributed by atoms with Gasteiger partial charge in [0.05, 0.1) is 11.4 Å². The Kier molecular flexibility index (Phi) is 3.07. The molecule has 3 rings (SSSR count). The highest BCUT2D eigenvalue weighted by Gasteiger charge is 2.26. The van der Waals surface area contributed by atoms with E-state index < -0.39 is 0 Å². The van der Waals surface area contributed by atoms with Crippen molar-refractivity contribution in [1.29, 1.82) is 0 Å². The molecule has 3 nitrogen and oxygen atoms in total. The second-order valence-corrected chi connectivity index (χ2v) is 6.45. The zero-order valence-electron chi connectivity index (χ0n) is 8.45. The lowest BCUT2D eigenvalue weighted by Gasteiger charge is -2.24. The number of hydrogen-bond acceptors (Lipinski definition) is 2. The van der Waals surface area contributed by atoms with Gasteiger partial charge in [0.15, 0.2) is 5.65 Å². The van der Waals surface area contributed by atoms with E-state index in [1.807, 2.05) is 6.07 Å². The van der Waals surface area contributed by atoms with E-state index >= 15 is 0 Å². The van der Waals surface area contributed by atoms with Gasteiger partial charge in [-0.1, -0.05) is 18.0 Å². The summed E-state index contributed by atoms with van der Waals surface area (Å²) < 4.78 is 2.21. The van der Waals surface area contributed by atoms with Gasteiger partial charge >= 0.3 is 0 Å². The highest BCUT2D eigenvalue weighted by molar-refractivity contribution is 14.2. The molecule has 6 heteroatoms. The second-order valence-electron chi connectivity index (χ2n) is 3.98. The molecule has 2 aromatic heterocycles. The van der Waals surface area contributed by atoms with Gasteiger partial charge in [-0.25, -0.2) is 9.97 Å². The molecule has 1 aliphatic rings. The van der Waals surface area contributed by atoms with E-state index in [1.54, 1.807) is 6.20 Å². The Morgan fingerprint density at radius 3 is 2.94 bits per heavy atom. The standard InChI is InChI=1S/C10H10ClIN3P/c11-7-4-5-13-10-8(7)14-9(15(10)16-12)6-2-1-3-6/h4-6,16H,1-3H2. The molecule has 0 saturated heterocycles. The monoisotopic (exact) mass is 365 g/mol. The van der Waals surface area contributed by atoms with Gasteiger partial charge in [0.2, 0.25) is 0 Å². The predicted octanol–water partition coefficient (Wildman–Crippen LogP) is 4.14. The number of aromatic nitrogens is 3. The maximum Gasteiger partial charge on any atom is 0.165 e. The van der Waals surface area contributed by atoms with E-state index in [2.05, 4.69) is 36.3 Å². The van der Waals surface area contributed by atoms with Crippen molar-refractivity contribution in [2.75, 3.05) is 0 Å². The third kappa shape index (κ3) is 1.66. The van der Waals surface area contributed by atoms with Gasteiger partial charge < -0.3 is 0 Å². The first-order chi connectivity index (χ1) is 7.81. The molecule has 0 amide bonds. The lowest BCUT2D eigenvalue weighted by atomic mass is 9.85. The van der Waals surface area contributed by atoms with Crippen molar-refractivity contribution in [3.63, 3.8) is 0 Å². The quantitative estimate of drug-likeness (QED) is 0.591. The lowest BCUT2D eigenvalue weighted by Crippen LogP contribution is -2.12. The summed E-state index contributed by atoms with van der Waals surface area (Å²) in [7, 11) is 0. The van der Waals surface area contributed by atoms with Crippen LogP contribution in [0.25, 0.3) is 11.2 Å². The summed E-state index contributed by atoms with van der Waals surface area (Å²) in [6, 6.07) is 1.81. The van der Waals surface area contributed by atoms with Crippen molar-refractivity contribution in [3.05, 3.63) is 23.1 Å². The largest absolute Gasteiger partial charge is 0.284 e. The zero-order chi connectivity index (χ0) is 11.1. The lowest BCUT2D eigenvalue weighted by molar-refractivity contribution is 0.402. The Labute approximate surface area is 113 Å². The fourth-order valence-electron chi connectivity index (χ4n) is 1.98. The van der Waals surface area contributed by atoms with Gasteiger partial charge in [-0.15, -0.1) is 0 Å². The Balaban J connectivity index is 2.23. The Bertz CT molecular complexity index is 538. The highest BCUT2D eigenvalue weighted by Crippen LogP contribution is 2.42. The van der Waals surface area contributed by atoms with Gasteiger partial charge in [-0.05, 0) is 40.9 Å². The van der Waals surface area contributed by atoms with Gasteiger partial charge in [0, 0.05) is 12.1 Å². The average molecular weight is 366 g/mol. The van der Waals surface area contributed by atoms with Crippen LogP contribution in [0.5, 0.6) is 0 Å². The van der Waals surface area contributed by atoms with Crippen LogP contribution >= 0.6 is 40.0 Å². The minimum Gasteiger partial charge on any atom is -0.284 e. The van der Waals surface area contributed by atoms with Gasteiger partial charge in [-0.3, -0.25) is 4.34 Å². The molecule has 0 N–H and O–H groups in total. The minimum absolute atomic E-state index is 0.618. The highest BCUT2D eigenvalue weighted by atomic mass is 127. The van der Waals surface area contributed by atoms with Gasteiger partial charge in [-0.2, -0.15) is 0 Å². The molecule has 1 atom stereocenters. The molecule has 1 saturated carbocycles. The van der Waals surface area contributed by atoms with Gasteiger partial charge in [0.25, 0.3) is 0 Å². The van der Waals surface area contributed by atoms with Crippen LogP contribution in [0, 0.1) is 0 Å². The number of halogens is 2. The number of pyridine rings is 1. The van der Waals surface area contributed by atoms with Gasteiger partial charge in [0.1, 0.15) is 11.3 Å². The molecule has 16 heavy (non-hydrogen) atoms. The number of nitrogens with zero attached hydrogens (tertiary/aromatic N) is 3. The molecule has 1 unspecified atom stereocenters. The normalized spacial score (nSPS) is 17.4. The molecule has 1 fully saturated rings. The van der Waals surface area contributed by atoms with Crippen molar-refractivity contribution in [2.24, 2.45) is 0 Å². The second kappa shape index (κ2) is 4.39. The number of rotatable bonds is 2. The summed E-state index contributed by atoms with van der Waals surface area (Å²) in [4.78, 5) is 9.07. The Morgan fingerprint density at radius 2 is 2.31 bits per heavy atom. The summed E-state index contributed by atoms with van der Waals surface area (Å²) in [5.74, 6) is 1.79. The molecular formula is C10H10ClIN3P. The van der Waals surface area contributed by atoms with Crippen LogP contribution in [-0.4, -0.2) is 14.3 Å². The minimum atomic E-state index is 0.618. The summed E-state index contributed by atoms with van der Waals surface area (Å²) >= 11 is 8.53. The van der Waals surface area contributed by atoms with Crippen molar-refractivity contribution >= 4 is 51.2 Å². The molecular weight excluding hydrogens is 355 g/mol. The van der Waals surface area contributed by atoms with Crippen molar-refractivity contribution < 1.29 is 0 Å². The molecule has 0 aliphatic heterocycles. The summed E-state index contributed by atoms with van der Waals surface area (Å²) in [5, 5.41) is 0.707. The van der Waals surface area contributed by atoms with Crippen LogP contribution in [0.3, 0.4) is 0 Å². The first-order valence-corrected chi connectivity index (χ1v) is 9.64. The van der Waals surface area contributed by atoms with Crippen molar-refractivity contribution in [3.8, 4) is 0 Å². The summed E-state index contributed by atoms with van der Waals surface area (Å²) in [6.45, 7) is 0. The van der Waals surface area contributed by atoms with E-state index in [0.717, 1.165) is 11.2 Å². The SMILES string of the molecule is Clc1ccnc2c1nc(C1CCC1)n2PI. The molecule has 2 heterocycles. The zero-order valence-corrected chi connectivity index (χ0v) is 12.4. The molecule has 0 spiro atoms.